The van der Waals surface area contributed by atoms with Gasteiger partial charge in [0.2, 0.25) is 5.91 Å². The van der Waals surface area contributed by atoms with E-state index in [1.807, 2.05) is 25.7 Å². The highest BCUT2D eigenvalue weighted by Gasteiger charge is 2.50. The van der Waals surface area contributed by atoms with Crippen molar-refractivity contribution in [3.63, 3.8) is 0 Å². The Hall–Kier alpha value is -0.610. The molecule has 1 saturated carbocycles. The summed E-state index contributed by atoms with van der Waals surface area (Å²) in [6.45, 7) is 10.1. The van der Waals surface area contributed by atoms with Crippen molar-refractivity contribution in [1.29, 1.82) is 0 Å². The van der Waals surface area contributed by atoms with Gasteiger partial charge in [-0.1, -0.05) is 6.92 Å². The van der Waals surface area contributed by atoms with E-state index in [1.165, 1.54) is 0 Å². The first-order valence-corrected chi connectivity index (χ1v) is 6.95. The van der Waals surface area contributed by atoms with E-state index in [4.69, 9.17) is 10.5 Å². The Bertz CT molecular complexity index is 335. The summed E-state index contributed by atoms with van der Waals surface area (Å²) in [5, 5.41) is 0. The Kier molecular flexibility index (Phi) is 3.45. The molecule has 4 heteroatoms. The molecule has 0 aromatic rings. The van der Waals surface area contributed by atoms with E-state index in [0.29, 0.717) is 25.6 Å². The van der Waals surface area contributed by atoms with Crippen molar-refractivity contribution in [3.05, 3.63) is 0 Å². The molecule has 18 heavy (non-hydrogen) atoms. The Labute approximate surface area is 110 Å². The van der Waals surface area contributed by atoms with E-state index in [-0.39, 0.29) is 23.0 Å². The largest absolute Gasteiger partial charge is 0.369 e. The molecular weight excluding hydrogens is 228 g/mol. The molecule has 1 heterocycles. The normalized spacial score (nSPS) is 39.3. The summed E-state index contributed by atoms with van der Waals surface area (Å²) in [6.07, 6.45) is 1.98. The number of hydrogen-bond acceptors (Lipinski definition) is 3. The van der Waals surface area contributed by atoms with E-state index in [2.05, 4.69) is 6.92 Å². The molecular formula is C14H26N2O2. The van der Waals surface area contributed by atoms with Gasteiger partial charge in [0.05, 0.1) is 17.1 Å². The van der Waals surface area contributed by atoms with E-state index in [1.54, 1.807) is 0 Å². The summed E-state index contributed by atoms with van der Waals surface area (Å²) in [4.78, 5) is 14.7. The van der Waals surface area contributed by atoms with Gasteiger partial charge in [0.25, 0.3) is 0 Å². The minimum Gasteiger partial charge on any atom is -0.369 e. The SMILES string of the molecule is CC1CC(CN)(C(=O)N2CC(C)OC(C)(C)C2)C1. The Morgan fingerprint density at radius 3 is 2.44 bits per heavy atom. The third-order valence-corrected chi connectivity index (χ3v) is 4.18. The first-order valence-electron chi connectivity index (χ1n) is 6.95. The molecule has 0 radical (unpaired) electrons. The molecule has 1 unspecified atom stereocenters. The molecule has 1 amide bonds. The van der Waals surface area contributed by atoms with E-state index in [0.717, 1.165) is 12.8 Å². The van der Waals surface area contributed by atoms with Crippen LogP contribution in [0.3, 0.4) is 0 Å². The number of hydrogen-bond donors (Lipinski definition) is 1. The molecule has 2 aliphatic rings. The molecule has 1 aliphatic carbocycles. The number of nitrogens with zero attached hydrogens (tertiary/aromatic N) is 1. The lowest BCUT2D eigenvalue weighted by molar-refractivity contribution is -0.172. The summed E-state index contributed by atoms with van der Waals surface area (Å²) in [6, 6.07) is 0. The summed E-state index contributed by atoms with van der Waals surface area (Å²) in [5.74, 6) is 0.871. The number of ether oxygens (including phenoxy) is 1. The zero-order valence-corrected chi connectivity index (χ0v) is 12.0. The standard InChI is InChI=1S/C14H26N2O2/c1-10-5-14(6-10,8-15)12(17)16-7-11(2)18-13(3,4)9-16/h10-11H,5-9,15H2,1-4H3. The molecule has 104 valence electrons. The van der Waals surface area contributed by atoms with Crippen molar-refractivity contribution in [1.82, 2.24) is 4.90 Å². The summed E-state index contributed by atoms with van der Waals surface area (Å²) >= 11 is 0. The second-order valence-corrected chi connectivity index (χ2v) is 6.87. The van der Waals surface area contributed by atoms with Gasteiger partial charge in [-0.15, -0.1) is 0 Å². The second kappa shape index (κ2) is 4.49. The number of amides is 1. The fraction of sp³-hybridized carbons (Fsp3) is 0.929. The first kappa shape index (κ1) is 13.8. The maximum atomic E-state index is 12.7. The molecule has 2 fully saturated rings. The van der Waals surface area contributed by atoms with Crippen molar-refractivity contribution in [2.75, 3.05) is 19.6 Å². The van der Waals surface area contributed by atoms with E-state index < -0.39 is 0 Å². The van der Waals surface area contributed by atoms with Crippen LogP contribution in [0.1, 0.15) is 40.5 Å². The zero-order valence-electron chi connectivity index (χ0n) is 12.0. The topological polar surface area (TPSA) is 55.6 Å². The number of nitrogens with two attached hydrogens (primary N) is 1. The van der Waals surface area contributed by atoms with Gasteiger partial charge < -0.3 is 15.4 Å². The van der Waals surface area contributed by atoms with Gasteiger partial charge >= 0.3 is 0 Å². The smallest absolute Gasteiger partial charge is 0.230 e. The predicted octanol–water partition coefficient (Wildman–Crippen LogP) is 1.39. The van der Waals surface area contributed by atoms with Gasteiger partial charge in [0, 0.05) is 19.6 Å². The van der Waals surface area contributed by atoms with Crippen molar-refractivity contribution in [2.24, 2.45) is 17.1 Å². The van der Waals surface area contributed by atoms with Crippen LogP contribution in [0.15, 0.2) is 0 Å². The van der Waals surface area contributed by atoms with Crippen LogP contribution in [0.4, 0.5) is 0 Å². The number of carbonyl (C=O) groups is 1. The summed E-state index contributed by atoms with van der Waals surface area (Å²) < 4.78 is 5.85. The highest BCUT2D eigenvalue weighted by atomic mass is 16.5. The summed E-state index contributed by atoms with van der Waals surface area (Å²) in [7, 11) is 0. The fourth-order valence-electron chi connectivity index (χ4n) is 3.65. The lowest BCUT2D eigenvalue weighted by Gasteiger charge is -2.50. The molecule has 0 bridgehead atoms. The molecule has 0 aromatic carbocycles. The van der Waals surface area contributed by atoms with Gasteiger partial charge in [0.1, 0.15) is 0 Å². The van der Waals surface area contributed by atoms with Crippen molar-refractivity contribution in [3.8, 4) is 0 Å². The maximum absolute atomic E-state index is 12.7. The van der Waals surface area contributed by atoms with Crippen molar-refractivity contribution in [2.45, 2.75) is 52.2 Å². The molecule has 0 spiro atoms. The highest BCUT2D eigenvalue weighted by Crippen LogP contribution is 2.46. The monoisotopic (exact) mass is 254 g/mol. The number of rotatable bonds is 2. The maximum Gasteiger partial charge on any atom is 0.230 e. The molecule has 1 aliphatic heterocycles. The lowest BCUT2D eigenvalue weighted by atomic mass is 9.61. The van der Waals surface area contributed by atoms with Gasteiger partial charge in [-0.3, -0.25) is 4.79 Å². The van der Waals surface area contributed by atoms with Crippen LogP contribution in [0.2, 0.25) is 0 Å². The Morgan fingerprint density at radius 2 is 2.00 bits per heavy atom. The van der Waals surface area contributed by atoms with Crippen LogP contribution in [-0.4, -0.2) is 42.1 Å². The predicted molar refractivity (Wildman–Crippen MR) is 71.1 cm³/mol. The van der Waals surface area contributed by atoms with Crippen LogP contribution in [0.25, 0.3) is 0 Å². The van der Waals surface area contributed by atoms with Crippen molar-refractivity contribution < 1.29 is 9.53 Å². The van der Waals surface area contributed by atoms with Crippen molar-refractivity contribution >= 4 is 5.91 Å². The second-order valence-electron chi connectivity index (χ2n) is 6.87. The van der Waals surface area contributed by atoms with Crippen LogP contribution >= 0.6 is 0 Å². The minimum absolute atomic E-state index is 0.102. The average Bonchev–Trinajstić information content (AvgIpc) is 2.20. The molecule has 2 N–H and O–H groups in total. The Balaban J connectivity index is 2.09. The van der Waals surface area contributed by atoms with Crippen LogP contribution < -0.4 is 5.73 Å². The molecule has 1 atom stereocenters. The highest BCUT2D eigenvalue weighted by molar-refractivity contribution is 5.84. The van der Waals surface area contributed by atoms with Gasteiger partial charge in [0.15, 0.2) is 0 Å². The van der Waals surface area contributed by atoms with Crippen LogP contribution in [-0.2, 0) is 9.53 Å². The fourth-order valence-corrected chi connectivity index (χ4v) is 3.65. The first-order chi connectivity index (χ1) is 8.28. The number of carbonyl (C=O) groups excluding carboxylic acids is 1. The summed E-state index contributed by atoms with van der Waals surface area (Å²) in [5.41, 5.74) is 5.33. The van der Waals surface area contributed by atoms with Gasteiger partial charge in [-0.05, 0) is 39.5 Å². The van der Waals surface area contributed by atoms with Crippen LogP contribution in [0, 0.1) is 11.3 Å². The zero-order chi connectivity index (χ0) is 13.6. The van der Waals surface area contributed by atoms with E-state index in [9.17, 15) is 4.79 Å². The van der Waals surface area contributed by atoms with Gasteiger partial charge in [-0.25, -0.2) is 0 Å². The van der Waals surface area contributed by atoms with Gasteiger partial charge in [-0.2, -0.15) is 0 Å². The Morgan fingerprint density at radius 1 is 1.39 bits per heavy atom. The minimum atomic E-state index is -0.285. The molecule has 4 nitrogen and oxygen atoms in total. The molecule has 0 aromatic heterocycles. The third kappa shape index (κ3) is 2.41. The third-order valence-electron chi connectivity index (χ3n) is 4.18. The lowest BCUT2D eigenvalue weighted by Crippen LogP contribution is -2.61. The van der Waals surface area contributed by atoms with Crippen LogP contribution in [0.5, 0.6) is 0 Å². The average molecular weight is 254 g/mol. The molecule has 2 rings (SSSR count). The number of morpholine rings is 1. The van der Waals surface area contributed by atoms with E-state index >= 15 is 0 Å². The molecule has 1 saturated heterocycles. The quantitative estimate of drug-likeness (QED) is 0.810.